The van der Waals surface area contributed by atoms with Gasteiger partial charge < -0.3 is 25.2 Å². The van der Waals surface area contributed by atoms with Crippen molar-refractivity contribution in [3.8, 4) is 0 Å². The zero-order valence-electron chi connectivity index (χ0n) is 6.12. The SMILES string of the molecule is O=C1C(O)OC(C(O)CO)C1O. The van der Waals surface area contributed by atoms with Crippen LogP contribution < -0.4 is 0 Å². The van der Waals surface area contributed by atoms with Gasteiger partial charge in [0.1, 0.15) is 18.3 Å². The van der Waals surface area contributed by atoms with Gasteiger partial charge in [-0.25, -0.2) is 0 Å². The maximum Gasteiger partial charge on any atom is 0.219 e. The highest BCUT2D eigenvalue weighted by Crippen LogP contribution is 2.18. The van der Waals surface area contributed by atoms with Crippen LogP contribution in [0.3, 0.4) is 0 Å². The van der Waals surface area contributed by atoms with E-state index in [1.807, 2.05) is 0 Å². The third kappa shape index (κ3) is 1.47. The predicted molar refractivity (Wildman–Crippen MR) is 35.0 cm³/mol. The van der Waals surface area contributed by atoms with Gasteiger partial charge in [-0.3, -0.25) is 4.79 Å². The lowest BCUT2D eigenvalue weighted by Gasteiger charge is -2.16. The minimum Gasteiger partial charge on any atom is -0.394 e. The summed E-state index contributed by atoms with van der Waals surface area (Å²) in [5, 5.41) is 35.2. The van der Waals surface area contributed by atoms with Crippen LogP contribution >= 0.6 is 0 Å². The number of carbonyl (C=O) groups is 1. The van der Waals surface area contributed by atoms with Crippen molar-refractivity contribution in [1.29, 1.82) is 0 Å². The van der Waals surface area contributed by atoms with Gasteiger partial charge in [-0.05, 0) is 0 Å². The van der Waals surface area contributed by atoms with E-state index in [-0.39, 0.29) is 0 Å². The third-order valence-electron chi connectivity index (χ3n) is 1.70. The van der Waals surface area contributed by atoms with Crippen molar-refractivity contribution in [3.63, 3.8) is 0 Å². The van der Waals surface area contributed by atoms with Gasteiger partial charge in [0.2, 0.25) is 12.1 Å². The first-order valence-electron chi connectivity index (χ1n) is 3.42. The summed E-state index contributed by atoms with van der Waals surface area (Å²) in [7, 11) is 0. The summed E-state index contributed by atoms with van der Waals surface area (Å²) < 4.78 is 4.48. The smallest absolute Gasteiger partial charge is 0.219 e. The first-order valence-corrected chi connectivity index (χ1v) is 3.42. The van der Waals surface area contributed by atoms with Gasteiger partial charge in [0.25, 0.3) is 0 Å². The Hall–Kier alpha value is -0.530. The number of hydrogen-bond acceptors (Lipinski definition) is 6. The van der Waals surface area contributed by atoms with E-state index in [9.17, 15) is 4.79 Å². The molecule has 0 amide bonds. The summed E-state index contributed by atoms with van der Waals surface area (Å²) in [4.78, 5) is 10.7. The molecule has 1 aliphatic heterocycles. The number of carbonyl (C=O) groups excluding carboxylic acids is 1. The third-order valence-corrected chi connectivity index (χ3v) is 1.70. The predicted octanol–water partition coefficient (Wildman–Crippen LogP) is -3.01. The summed E-state index contributed by atoms with van der Waals surface area (Å²) >= 11 is 0. The van der Waals surface area contributed by atoms with Gasteiger partial charge in [-0.1, -0.05) is 0 Å². The fraction of sp³-hybridized carbons (Fsp3) is 0.833. The lowest BCUT2D eigenvalue weighted by Crippen LogP contribution is -2.38. The van der Waals surface area contributed by atoms with Gasteiger partial charge in [-0.15, -0.1) is 0 Å². The van der Waals surface area contributed by atoms with Crippen LogP contribution in [-0.4, -0.2) is 57.4 Å². The average molecular weight is 178 g/mol. The Bertz CT molecular complexity index is 181. The lowest BCUT2D eigenvalue weighted by molar-refractivity contribution is -0.151. The molecule has 1 saturated heterocycles. The molecular formula is C6H10O6. The van der Waals surface area contributed by atoms with E-state index >= 15 is 0 Å². The van der Waals surface area contributed by atoms with Crippen molar-refractivity contribution in [2.24, 2.45) is 0 Å². The fourth-order valence-electron chi connectivity index (χ4n) is 1.00. The first kappa shape index (κ1) is 9.56. The molecule has 12 heavy (non-hydrogen) atoms. The van der Waals surface area contributed by atoms with Crippen LogP contribution in [0.4, 0.5) is 0 Å². The lowest BCUT2D eigenvalue weighted by atomic mass is 10.1. The Morgan fingerprint density at radius 2 is 2.08 bits per heavy atom. The molecule has 4 unspecified atom stereocenters. The second-order valence-corrected chi connectivity index (χ2v) is 2.55. The largest absolute Gasteiger partial charge is 0.394 e. The number of ether oxygens (including phenoxy) is 1. The minimum absolute atomic E-state index is 0.637. The molecule has 1 heterocycles. The Morgan fingerprint density at radius 3 is 2.42 bits per heavy atom. The average Bonchev–Trinajstić information content (AvgIpc) is 2.32. The van der Waals surface area contributed by atoms with Gasteiger partial charge >= 0.3 is 0 Å². The van der Waals surface area contributed by atoms with Crippen molar-refractivity contribution in [3.05, 3.63) is 0 Å². The van der Waals surface area contributed by atoms with E-state index in [1.165, 1.54) is 0 Å². The van der Waals surface area contributed by atoms with Crippen molar-refractivity contribution >= 4 is 5.78 Å². The Balaban J connectivity index is 2.64. The Kier molecular flexibility index (Phi) is 2.76. The minimum atomic E-state index is -1.70. The molecule has 4 N–H and O–H groups in total. The van der Waals surface area contributed by atoms with Crippen LogP contribution in [0.25, 0.3) is 0 Å². The molecule has 0 radical (unpaired) electrons. The van der Waals surface area contributed by atoms with Crippen LogP contribution in [0.15, 0.2) is 0 Å². The van der Waals surface area contributed by atoms with Crippen LogP contribution in [0.2, 0.25) is 0 Å². The van der Waals surface area contributed by atoms with E-state index in [4.69, 9.17) is 20.4 Å². The maximum absolute atomic E-state index is 10.7. The molecule has 0 bridgehead atoms. The number of aliphatic hydroxyl groups is 4. The highest BCUT2D eigenvalue weighted by Gasteiger charge is 2.44. The van der Waals surface area contributed by atoms with Crippen LogP contribution in [0.5, 0.6) is 0 Å². The molecule has 0 aliphatic carbocycles. The van der Waals surface area contributed by atoms with E-state index in [0.29, 0.717) is 0 Å². The van der Waals surface area contributed by atoms with Gasteiger partial charge in [-0.2, -0.15) is 0 Å². The molecular weight excluding hydrogens is 168 g/mol. The molecule has 0 saturated carbocycles. The highest BCUT2D eigenvalue weighted by molar-refractivity contribution is 5.88. The van der Waals surface area contributed by atoms with Crippen LogP contribution in [0, 0.1) is 0 Å². The molecule has 0 aromatic carbocycles. The molecule has 1 fully saturated rings. The van der Waals surface area contributed by atoms with E-state index in [2.05, 4.69) is 4.74 Å². The zero-order chi connectivity index (χ0) is 9.30. The summed E-state index contributed by atoms with van der Waals surface area (Å²) in [5.74, 6) is -0.896. The number of Topliss-reactive ketones (excluding diaryl/α,β-unsaturated/α-hetero) is 1. The van der Waals surface area contributed by atoms with Gasteiger partial charge in [0.05, 0.1) is 6.61 Å². The first-order chi connectivity index (χ1) is 5.57. The van der Waals surface area contributed by atoms with E-state index in [0.717, 1.165) is 0 Å². The van der Waals surface area contributed by atoms with E-state index in [1.54, 1.807) is 0 Å². The van der Waals surface area contributed by atoms with Crippen molar-refractivity contribution in [2.45, 2.75) is 24.6 Å². The molecule has 0 spiro atoms. The number of rotatable bonds is 2. The summed E-state index contributed by atoms with van der Waals surface area (Å²) in [6, 6.07) is 0. The molecule has 1 rings (SSSR count). The molecule has 4 atom stereocenters. The molecule has 0 aromatic heterocycles. The quantitative estimate of drug-likeness (QED) is 0.358. The Labute approximate surface area is 68.0 Å². The molecule has 6 heteroatoms. The second kappa shape index (κ2) is 3.46. The number of aliphatic hydroxyl groups excluding tert-OH is 4. The summed E-state index contributed by atoms with van der Waals surface area (Å²) in [6.45, 7) is -0.637. The molecule has 1 aliphatic rings. The number of ketones is 1. The normalized spacial score (nSPS) is 38.7. The monoisotopic (exact) mass is 178 g/mol. The van der Waals surface area contributed by atoms with E-state index < -0.39 is 37.0 Å². The van der Waals surface area contributed by atoms with Crippen molar-refractivity contribution in [1.82, 2.24) is 0 Å². The molecule has 0 aromatic rings. The van der Waals surface area contributed by atoms with Crippen LogP contribution in [-0.2, 0) is 9.53 Å². The topological polar surface area (TPSA) is 107 Å². The Morgan fingerprint density at radius 1 is 1.50 bits per heavy atom. The van der Waals surface area contributed by atoms with Crippen molar-refractivity contribution in [2.75, 3.05) is 6.61 Å². The standard InChI is InChI=1S/C6H10O6/c7-1-2(8)5-3(9)4(10)6(11)12-5/h2-3,5-9,11H,1H2. The molecule has 6 nitrogen and oxygen atoms in total. The summed E-state index contributed by atoms with van der Waals surface area (Å²) in [5.41, 5.74) is 0. The van der Waals surface area contributed by atoms with Crippen LogP contribution in [0.1, 0.15) is 0 Å². The zero-order valence-corrected chi connectivity index (χ0v) is 6.12. The van der Waals surface area contributed by atoms with Gasteiger partial charge in [0, 0.05) is 0 Å². The maximum atomic E-state index is 10.7. The molecule has 70 valence electrons. The fourth-order valence-corrected chi connectivity index (χ4v) is 1.00. The number of hydrogen-bond donors (Lipinski definition) is 4. The second-order valence-electron chi connectivity index (χ2n) is 2.55. The highest BCUT2D eigenvalue weighted by atomic mass is 16.6. The van der Waals surface area contributed by atoms with Crippen molar-refractivity contribution < 1.29 is 30.0 Å². The van der Waals surface area contributed by atoms with Gasteiger partial charge in [0.15, 0.2) is 0 Å². The summed E-state index contributed by atoms with van der Waals surface area (Å²) in [6.07, 6.45) is -5.87.